The van der Waals surface area contributed by atoms with Crippen molar-refractivity contribution < 1.29 is 22.7 Å². The van der Waals surface area contributed by atoms with Crippen molar-refractivity contribution in [2.24, 2.45) is 5.92 Å². The van der Waals surface area contributed by atoms with E-state index in [2.05, 4.69) is 4.72 Å². The molecule has 0 aromatic carbocycles. The van der Waals surface area contributed by atoms with Crippen LogP contribution in [0.25, 0.3) is 0 Å². The first-order valence-corrected chi connectivity index (χ1v) is 7.31. The summed E-state index contributed by atoms with van der Waals surface area (Å²) in [6.45, 7) is 2.74. The van der Waals surface area contributed by atoms with E-state index in [9.17, 15) is 8.42 Å². The van der Waals surface area contributed by atoms with Gasteiger partial charge in [-0.05, 0) is 25.5 Å². The van der Waals surface area contributed by atoms with Gasteiger partial charge in [-0.15, -0.1) is 0 Å². The maximum atomic E-state index is 12.0. The molecule has 18 heavy (non-hydrogen) atoms. The first-order valence-electron chi connectivity index (χ1n) is 5.82. The molecule has 1 aromatic rings. The summed E-state index contributed by atoms with van der Waals surface area (Å²) in [6.07, 6.45) is 0.851. The molecule has 2 rings (SSSR count). The Hall–Kier alpha value is -0.890. The van der Waals surface area contributed by atoms with Crippen LogP contribution in [-0.2, 0) is 21.4 Å². The van der Waals surface area contributed by atoms with Crippen molar-refractivity contribution in [2.45, 2.75) is 31.1 Å². The number of nitrogens with one attached hydrogen (secondary N) is 1. The highest BCUT2D eigenvalue weighted by Gasteiger charge is 2.28. The predicted molar refractivity (Wildman–Crippen MR) is 63.3 cm³/mol. The third-order valence-corrected chi connectivity index (χ3v) is 4.50. The fourth-order valence-electron chi connectivity index (χ4n) is 1.93. The van der Waals surface area contributed by atoms with Crippen molar-refractivity contribution in [3.8, 4) is 0 Å². The van der Waals surface area contributed by atoms with E-state index in [-0.39, 0.29) is 29.4 Å². The van der Waals surface area contributed by atoms with E-state index in [4.69, 9.17) is 14.3 Å². The third kappa shape index (κ3) is 2.92. The maximum Gasteiger partial charge on any atom is 0.274 e. The average Bonchev–Trinajstić information content (AvgIpc) is 3.00. The Labute approximate surface area is 106 Å². The van der Waals surface area contributed by atoms with Crippen LogP contribution in [0.4, 0.5) is 0 Å². The summed E-state index contributed by atoms with van der Waals surface area (Å²) < 4.78 is 36.8. The van der Waals surface area contributed by atoms with Gasteiger partial charge >= 0.3 is 0 Å². The molecule has 0 aliphatic carbocycles. The first kappa shape index (κ1) is 13.5. The van der Waals surface area contributed by atoms with E-state index in [1.165, 1.54) is 12.1 Å². The minimum absolute atomic E-state index is 0.169. The molecule has 2 heterocycles. The molecule has 0 amide bonds. The van der Waals surface area contributed by atoms with Crippen LogP contribution in [0.3, 0.4) is 0 Å². The molecule has 2 atom stereocenters. The van der Waals surface area contributed by atoms with Crippen LogP contribution in [0.5, 0.6) is 0 Å². The van der Waals surface area contributed by atoms with Gasteiger partial charge in [0.15, 0.2) is 0 Å². The minimum Gasteiger partial charge on any atom is -0.446 e. The summed E-state index contributed by atoms with van der Waals surface area (Å²) in [7, 11) is -3.67. The van der Waals surface area contributed by atoms with Gasteiger partial charge in [-0.3, -0.25) is 0 Å². The molecule has 6 nitrogen and oxygen atoms in total. The summed E-state index contributed by atoms with van der Waals surface area (Å²) in [5, 5.41) is 8.68. The highest BCUT2D eigenvalue weighted by atomic mass is 32.2. The van der Waals surface area contributed by atoms with Crippen molar-refractivity contribution in [1.29, 1.82) is 0 Å². The lowest BCUT2D eigenvalue weighted by molar-refractivity contribution is 0.180. The Kier molecular flexibility index (Phi) is 4.06. The van der Waals surface area contributed by atoms with E-state index >= 15 is 0 Å². The Morgan fingerprint density at radius 1 is 1.56 bits per heavy atom. The van der Waals surface area contributed by atoms with Crippen molar-refractivity contribution in [2.75, 3.05) is 13.2 Å². The van der Waals surface area contributed by atoms with Crippen LogP contribution in [0.1, 0.15) is 19.1 Å². The third-order valence-electron chi connectivity index (χ3n) is 3.07. The van der Waals surface area contributed by atoms with Gasteiger partial charge in [0, 0.05) is 18.6 Å². The fourth-order valence-corrected chi connectivity index (χ4v) is 3.20. The van der Waals surface area contributed by atoms with Crippen molar-refractivity contribution in [1.82, 2.24) is 4.72 Å². The van der Waals surface area contributed by atoms with Crippen LogP contribution in [0.15, 0.2) is 21.6 Å². The molecular weight excluding hydrogens is 258 g/mol. The van der Waals surface area contributed by atoms with Gasteiger partial charge in [-0.2, -0.15) is 0 Å². The second-order valence-electron chi connectivity index (χ2n) is 4.41. The molecule has 1 saturated heterocycles. The largest absolute Gasteiger partial charge is 0.446 e. The van der Waals surface area contributed by atoms with Crippen LogP contribution in [0, 0.1) is 5.92 Å². The van der Waals surface area contributed by atoms with E-state index in [1.54, 1.807) is 0 Å². The predicted octanol–water partition coefficient (Wildman–Crippen LogP) is 0.475. The summed E-state index contributed by atoms with van der Waals surface area (Å²) in [5.74, 6) is 0.416. The zero-order chi connectivity index (χ0) is 13.2. The quantitative estimate of drug-likeness (QED) is 0.815. The van der Waals surface area contributed by atoms with Gasteiger partial charge < -0.3 is 14.3 Å². The number of sulfonamides is 1. The monoisotopic (exact) mass is 275 g/mol. The molecular formula is C11H17NO5S. The number of aliphatic hydroxyl groups excluding tert-OH is 1. The lowest BCUT2D eigenvalue weighted by atomic mass is 10.0. The van der Waals surface area contributed by atoms with E-state index in [0.717, 1.165) is 6.42 Å². The van der Waals surface area contributed by atoms with Gasteiger partial charge in [0.2, 0.25) is 5.09 Å². The normalized spacial score (nSPS) is 22.2. The zero-order valence-corrected chi connectivity index (χ0v) is 10.9. The van der Waals surface area contributed by atoms with Crippen LogP contribution in [-0.4, -0.2) is 32.8 Å². The summed E-state index contributed by atoms with van der Waals surface area (Å²) in [5.41, 5.74) is 0. The SMILES string of the molecule is CC(NS(=O)(=O)c1ccc(CO)o1)C1CCOC1. The minimum atomic E-state index is -3.67. The molecule has 0 bridgehead atoms. The first-order chi connectivity index (χ1) is 8.53. The van der Waals surface area contributed by atoms with E-state index in [0.29, 0.717) is 13.2 Å². The summed E-state index contributed by atoms with van der Waals surface area (Å²) in [4.78, 5) is 0. The Morgan fingerprint density at radius 2 is 2.33 bits per heavy atom. The lowest BCUT2D eigenvalue weighted by Gasteiger charge is -2.18. The molecule has 1 aliphatic heterocycles. The van der Waals surface area contributed by atoms with Crippen LogP contribution >= 0.6 is 0 Å². The smallest absolute Gasteiger partial charge is 0.274 e. The fraction of sp³-hybridized carbons (Fsp3) is 0.636. The van der Waals surface area contributed by atoms with Gasteiger partial charge in [-0.1, -0.05) is 0 Å². The molecule has 2 N–H and O–H groups in total. The highest BCUT2D eigenvalue weighted by molar-refractivity contribution is 7.89. The van der Waals surface area contributed by atoms with Crippen molar-refractivity contribution in [3.63, 3.8) is 0 Å². The van der Waals surface area contributed by atoms with Gasteiger partial charge in [-0.25, -0.2) is 13.1 Å². The maximum absolute atomic E-state index is 12.0. The zero-order valence-electron chi connectivity index (χ0n) is 10.1. The Morgan fingerprint density at radius 3 is 2.89 bits per heavy atom. The van der Waals surface area contributed by atoms with E-state index in [1.807, 2.05) is 6.92 Å². The average molecular weight is 275 g/mol. The molecule has 2 unspecified atom stereocenters. The Balaban J connectivity index is 2.06. The lowest BCUT2D eigenvalue weighted by Crippen LogP contribution is -2.38. The molecule has 0 spiro atoms. The van der Waals surface area contributed by atoms with Crippen molar-refractivity contribution >= 4 is 10.0 Å². The summed E-state index contributed by atoms with van der Waals surface area (Å²) >= 11 is 0. The number of furan rings is 1. The molecule has 102 valence electrons. The summed E-state index contributed by atoms with van der Waals surface area (Å²) in [6, 6.07) is 2.57. The van der Waals surface area contributed by atoms with Gasteiger partial charge in [0.25, 0.3) is 10.0 Å². The molecule has 1 aliphatic rings. The van der Waals surface area contributed by atoms with Gasteiger partial charge in [0.05, 0.1) is 6.61 Å². The number of rotatable bonds is 5. The topological polar surface area (TPSA) is 88.8 Å². The number of hydrogen-bond acceptors (Lipinski definition) is 5. The molecule has 1 fully saturated rings. The van der Waals surface area contributed by atoms with Crippen molar-refractivity contribution in [3.05, 3.63) is 17.9 Å². The highest BCUT2D eigenvalue weighted by Crippen LogP contribution is 2.19. The van der Waals surface area contributed by atoms with E-state index < -0.39 is 10.0 Å². The second kappa shape index (κ2) is 5.40. The molecule has 7 heteroatoms. The molecule has 1 aromatic heterocycles. The van der Waals surface area contributed by atoms with Gasteiger partial charge in [0.1, 0.15) is 12.4 Å². The standard InChI is InChI=1S/C11H17NO5S/c1-8(9-4-5-16-7-9)12-18(14,15)11-3-2-10(6-13)17-11/h2-3,8-9,12-13H,4-7H2,1H3. The second-order valence-corrected chi connectivity index (χ2v) is 6.06. The molecule has 0 radical (unpaired) electrons. The van der Waals surface area contributed by atoms with Crippen LogP contribution < -0.4 is 4.72 Å². The number of hydrogen-bond donors (Lipinski definition) is 2. The Bertz CT molecular complexity index is 489. The number of aliphatic hydroxyl groups is 1. The molecule has 0 saturated carbocycles. The van der Waals surface area contributed by atoms with Crippen LogP contribution in [0.2, 0.25) is 0 Å². The number of ether oxygens (including phenoxy) is 1.